The first-order valence-corrected chi connectivity index (χ1v) is 5.43. The summed E-state index contributed by atoms with van der Waals surface area (Å²) in [6.45, 7) is 0. The highest BCUT2D eigenvalue weighted by atomic mass is 79.9. The standard InChI is InChI=1S/C12H7BrN2/c13-10-6-9-4-3-8-2-1-5-14-11(8)12(9)15-7-10/h1-7H. The van der Waals surface area contributed by atoms with Gasteiger partial charge in [-0.3, -0.25) is 9.97 Å². The molecule has 0 atom stereocenters. The monoisotopic (exact) mass is 258 g/mol. The second-order valence-electron chi connectivity index (χ2n) is 3.37. The van der Waals surface area contributed by atoms with Crippen molar-refractivity contribution in [3.05, 3.63) is 47.2 Å². The topological polar surface area (TPSA) is 25.8 Å². The average Bonchev–Trinajstić information content (AvgIpc) is 2.28. The van der Waals surface area contributed by atoms with E-state index < -0.39 is 0 Å². The lowest BCUT2D eigenvalue weighted by Crippen LogP contribution is -1.84. The lowest BCUT2D eigenvalue weighted by atomic mass is 10.1. The van der Waals surface area contributed by atoms with Crippen molar-refractivity contribution in [1.29, 1.82) is 0 Å². The zero-order valence-electron chi connectivity index (χ0n) is 7.81. The van der Waals surface area contributed by atoms with Crippen LogP contribution >= 0.6 is 15.9 Å². The van der Waals surface area contributed by atoms with Crippen LogP contribution in [0.25, 0.3) is 21.8 Å². The maximum atomic E-state index is 4.40. The predicted molar refractivity (Wildman–Crippen MR) is 64.7 cm³/mol. The van der Waals surface area contributed by atoms with E-state index in [1.807, 2.05) is 12.1 Å². The molecular formula is C12H7BrN2. The number of hydrogen-bond acceptors (Lipinski definition) is 2. The normalized spacial score (nSPS) is 11.0. The van der Waals surface area contributed by atoms with Crippen molar-refractivity contribution in [3.63, 3.8) is 0 Å². The van der Waals surface area contributed by atoms with Gasteiger partial charge in [0.05, 0.1) is 11.0 Å². The molecule has 0 fully saturated rings. The average molecular weight is 259 g/mol. The van der Waals surface area contributed by atoms with Crippen LogP contribution in [0.3, 0.4) is 0 Å². The largest absolute Gasteiger partial charge is 0.254 e. The summed E-state index contributed by atoms with van der Waals surface area (Å²) in [4.78, 5) is 8.76. The minimum Gasteiger partial charge on any atom is -0.254 e. The lowest BCUT2D eigenvalue weighted by molar-refractivity contribution is 1.36. The Labute approximate surface area is 95.1 Å². The van der Waals surface area contributed by atoms with Crippen LogP contribution in [0.5, 0.6) is 0 Å². The third kappa shape index (κ3) is 1.39. The Balaban J connectivity index is 2.55. The Bertz CT molecular complexity index is 649. The van der Waals surface area contributed by atoms with Gasteiger partial charge < -0.3 is 0 Å². The Kier molecular flexibility index (Phi) is 1.92. The molecule has 3 heteroatoms. The van der Waals surface area contributed by atoms with Crippen molar-refractivity contribution in [2.75, 3.05) is 0 Å². The number of pyridine rings is 2. The number of fused-ring (bicyclic) bond motifs is 3. The fraction of sp³-hybridized carbons (Fsp3) is 0. The highest BCUT2D eigenvalue weighted by Crippen LogP contribution is 2.23. The van der Waals surface area contributed by atoms with Crippen molar-refractivity contribution < 1.29 is 0 Å². The summed E-state index contributed by atoms with van der Waals surface area (Å²) >= 11 is 3.41. The van der Waals surface area contributed by atoms with Gasteiger partial charge in [0.1, 0.15) is 0 Å². The van der Waals surface area contributed by atoms with Gasteiger partial charge in [-0.1, -0.05) is 18.2 Å². The number of benzene rings is 1. The molecule has 0 radical (unpaired) electrons. The van der Waals surface area contributed by atoms with Crippen molar-refractivity contribution in [2.45, 2.75) is 0 Å². The van der Waals surface area contributed by atoms with Gasteiger partial charge >= 0.3 is 0 Å². The first-order valence-electron chi connectivity index (χ1n) is 4.63. The molecule has 0 saturated heterocycles. The molecule has 0 N–H and O–H groups in total. The molecule has 0 unspecified atom stereocenters. The number of nitrogens with zero attached hydrogens (tertiary/aromatic N) is 2. The molecule has 2 aromatic heterocycles. The van der Waals surface area contributed by atoms with Gasteiger partial charge in [-0.15, -0.1) is 0 Å². The number of hydrogen-bond donors (Lipinski definition) is 0. The van der Waals surface area contributed by atoms with Crippen LogP contribution in [-0.4, -0.2) is 9.97 Å². The van der Waals surface area contributed by atoms with E-state index in [1.54, 1.807) is 12.4 Å². The maximum absolute atomic E-state index is 4.40. The lowest BCUT2D eigenvalue weighted by Gasteiger charge is -2.01. The molecule has 0 aliphatic carbocycles. The van der Waals surface area contributed by atoms with Gasteiger partial charge in [0.15, 0.2) is 0 Å². The number of halogens is 1. The van der Waals surface area contributed by atoms with Gasteiger partial charge in [0, 0.05) is 27.6 Å². The van der Waals surface area contributed by atoms with Crippen LogP contribution in [0.15, 0.2) is 47.2 Å². The van der Waals surface area contributed by atoms with Gasteiger partial charge in [0.2, 0.25) is 0 Å². The molecule has 15 heavy (non-hydrogen) atoms. The molecule has 0 amide bonds. The van der Waals surface area contributed by atoms with Gasteiger partial charge in [-0.25, -0.2) is 0 Å². The zero-order valence-corrected chi connectivity index (χ0v) is 9.40. The highest BCUT2D eigenvalue weighted by Gasteiger charge is 2.02. The van der Waals surface area contributed by atoms with Crippen LogP contribution in [0.4, 0.5) is 0 Å². The summed E-state index contributed by atoms with van der Waals surface area (Å²) < 4.78 is 0.991. The molecule has 0 saturated carbocycles. The Morgan fingerprint density at radius 1 is 0.933 bits per heavy atom. The minimum absolute atomic E-state index is 0.955. The fourth-order valence-electron chi connectivity index (χ4n) is 1.71. The summed E-state index contributed by atoms with van der Waals surface area (Å²) in [5, 5.41) is 2.23. The molecule has 0 spiro atoms. The maximum Gasteiger partial charge on any atom is 0.0965 e. The second-order valence-corrected chi connectivity index (χ2v) is 4.28. The van der Waals surface area contributed by atoms with E-state index in [4.69, 9.17) is 0 Å². The SMILES string of the molecule is Brc1cnc2c(ccc3cccnc32)c1. The number of aromatic nitrogens is 2. The minimum atomic E-state index is 0.955. The van der Waals surface area contributed by atoms with Crippen molar-refractivity contribution in [2.24, 2.45) is 0 Å². The van der Waals surface area contributed by atoms with Crippen LogP contribution in [0, 0.1) is 0 Å². The highest BCUT2D eigenvalue weighted by molar-refractivity contribution is 9.10. The van der Waals surface area contributed by atoms with E-state index in [-0.39, 0.29) is 0 Å². The van der Waals surface area contributed by atoms with E-state index in [1.165, 1.54) is 0 Å². The van der Waals surface area contributed by atoms with Crippen molar-refractivity contribution in [1.82, 2.24) is 9.97 Å². The molecule has 0 aliphatic rings. The van der Waals surface area contributed by atoms with E-state index >= 15 is 0 Å². The summed E-state index contributed by atoms with van der Waals surface area (Å²) in [5.41, 5.74) is 1.92. The molecule has 1 aromatic carbocycles. The molecular weight excluding hydrogens is 252 g/mol. The first kappa shape index (κ1) is 8.80. The molecule has 72 valence electrons. The van der Waals surface area contributed by atoms with Crippen LogP contribution < -0.4 is 0 Å². The molecule has 0 bridgehead atoms. The predicted octanol–water partition coefficient (Wildman–Crippen LogP) is 3.55. The third-order valence-corrected chi connectivity index (χ3v) is 2.82. The van der Waals surface area contributed by atoms with E-state index in [0.717, 1.165) is 26.3 Å². The van der Waals surface area contributed by atoms with Crippen LogP contribution in [0.2, 0.25) is 0 Å². The van der Waals surface area contributed by atoms with E-state index in [0.29, 0.717) is 0 Å². The zero-order chi connectivity index (χ0) is 10.3. The number of rotatable bonds is 0. The smallest absolute Gasteiger partial charge is 0.0965 e. The Morgan fingerprint density at radius 2 is 1.73 bits per heavy atom. The summed E-state index contributed by atoms with van der Waals surface area (Å²) in [5.74, 6) is 0. The van der Waals surface area contributed by atoms with Crippen LogP contribution in [0.1, 0.15) is 0 Å². The molecule has 2 nitrogen and oxygen atoms in total. The van der Waals surface area contributed by atoms with Crippen molar-refractivity contribution in [3.8, 4) is 0 Å². The van der Waals surface area contributed by atoms with Gasteiger partial charge in [-0.05, 0) is 28.1 Å². The summed E-state index contributed by atoms with van der Waals surface area (Å²) in [6, 6.07) is 10.2. The Morgan fingerprint density at radius 3 is 2.67 bits per heavy atom. The second kappa shape index (κ2) is 3.28. The molecule has 3 aromatic rings. The molecule has 3 rings (SSSR count). The van der Waals surface area contributed by atoms with Gasteiger partial charge in [0.25, 0.3) is 0 Å². The molecule has 0 aliphatic heterocycles. The van der Waals surface area contributed by atoms with Crippen LogP contribution in [-0.2, 0) is 0 Å². The summed E-state index contributed by atoms with van der Waals surface area (Å²) in [6.07, 6.45) is 3.60. The molecule has 2 heterocycles. The quantitative estimate of drug-likeness (QED) is 0.577. The van der Waals surface area contributed by atoms with Crippen molar-refractivity contribution >= 4 is 37.7 Å². The van der Waals surface area contributed by atoms with E-state index in [2.05, 4.69) is 44.1 Å². The Hall–Kier alpha value is -1.48. The van der Waals surface area contributed by atoms with E-state index in [9.17, 15) is 0 Å². The fourth-order valence-corrected chi connectivity index (χ4v) is 2.06. The summed E-state index contributed by atoms with van der Waals surface area (Å²) in [7, 11) is 0. The third-order valence-electron chi connectivity index (χ3n) is 2.39. The first-order chi connectivity index (χ1) is 7.34. The van der Waals surface area contributed by atoms with Gasteiger partial charge in [-0.2, -0.15) is 0 Å².